The Morgan fingerprint density at radius 2 is 2.08 bits per heavy atom. The number of benzene rings is 1. The molecule has 1 amide bonds. The lowest BCUT2D eigenvalue weighted by Crippen LogP contribution is -2.41. The Balaban J connectivity index is 0.00000225. The number of nitrogens with one attached hydrogen (secondary N) is 1. The zero-order chi connectivity index (χ0) is 17.1. The minimum absolute atomic E-state index is 0. The van der Waals surface area contributed by atoms with Crippen LogP contribution in [-0.4, -0.2) is 23.7 Å². The first-order chi connectivity index (χ1) is 11.6. The largest absolute Gasteiger partial charge is 0.482 e. The minimum Gasteiger partial charge on any atom is -0.482 e. The van der Waals surface area contributed by atoms with Crippen molar-refractivity contribution in [2.45, 2.75) is 25.5 Å². The van der Waals surface area contributed by atoms with Crippen molar-refractivity contribution in [3.05, 3.63) is 45.8 Å². The standard InChI is InChI=1S/C16H17Cl2N3O3.ClH/c17-11-2-1-3-12(18)15(11)23-8-10-6-13(21-24-10)16(22)20-14(7-19)9-4-5-9;/h1-3,6,9,14H,4-5,7-8,19H2,(H,20,22);1H. The van der Waals surface area contributed by atoms with Crippen molar-refractivity contribution in [3.8, 4) is 5.75 Å². The van der Waals surface area contributed by atoms with E-state index >= 15 is 0 Å². The van der Waals surface area contributed by atoms with E-state index in [0.717, 1.165) is 12.8 Å². The van der Waals surface area contributed by atoms with Crippen LogP contribution in [0.5, 0.6) is 5.75 Å². The molecular weight excluding hydrogens is 389 g/mol. The van der Waals surface area contributed by atoms with E-state index in [-0.39, 0.29) is 36.7 Å². The van der Waals surface area contributed by atoms with E-state index in [9.17, 15) is 4.79 Å². The van der Waals surface area contributed by atoms with Crippen molar-refractivity contribution in [2.75, 3.05) is 6.54 Å². The molecular formula is C16H18Cl3N3O3. The molecule has 0 aliphatic heterocycles. The SMILES string of the molecule is Cl.NCC(NC(=O)c1cc(COc2c(Cl)cccc2Cl)on1)C1CC1. The summed E-state index contributed by atoms with van der Waals surface area (Å²) in [7, 11) is 0. The monoisotopic (exact) mass is 405 g/mol. The maximum Gasteiger partial charge on any atom is 0.273 e. The predicted molar refractivity (Wildman–Crippen MR) is 97.6 cm³/mol. The fourth-order valence-electron chi connectivity index (χ4n) is 2.36. The molecule has 1 saturated carbocycles. The highest BCUT2D eigenvalue weighted by atomic mass is 35.5. The highest BCUT2D eigenvalue weighted by molar-refractivity contribution is 6.37. The second-order valence-electron chi connectivity index (χ2n) is 5.67. The number of nitrogens with zero attached hydrogens (tertiary/aromatic N) is 1. The van der Waals surface area contributed by atoms with Crippen LogP contribution >= 0.6 is 35.6 Å². The zero-order valence-electron chi connectivity index (χ0n) is 13.2. The highest BCUT2D eigenvalue weighted by Gasteiger charge is 2.32. The summed E-state index contributed by atoms with van der Waals surface area (Å²) in [5.74, 6) is 0.922. The van der Waals surface area contributed by atoms with Crippen LogP contribution < -0.4 is 15.8 Å². The Hall–Kier alpha value is -1.47. The highest BCUT2D eigenvalue weighted by Crippen LogP contribution is 2.33. The van der Waals surface area contributed by atoms with Crippen molar-refractivity contribution in [2.24, 2.45) is 11.7 Å². The number of para-hydroxylation sites is 1. The zero-order valence-corrected chi connectivity index (χ0v) is 15.5. The van der Waals surface area contributed by atoms with Crippen LogP contribution in [0, 0.1) is 5.92 Å². The average molecular weight is 407 g/mol. The molecule has 1 aliphatic carbocycles. The molecule has 1 heterocycles. The van der Waals surface area contributed by atoms with Crippen LogP contribution in [0.4, 0.5) is 0 Å². The van der Waals surface area contributed by atoms with Gasteiger partial charge in [0.1, 0.15) is 6.61 Å². The maximum atomic E-state index is 12.2. The second kappa shape index (κ2) is 8.76. The Bertz CT molecular complexity index is 714. The number of ether oxygens (including phenoxy) is 1. The summed E-state index contributed by atoms with van der Waals surface area (Å²) in [4.78, 5) is 12.2. The number of amides is 1. The molecule has 1 aromatic carbocycles. The molecule has 136 valence electrons. The smallest absolute Gasteiger partial charge is 0.273 e. The molecule has 1 aliphatic rings. The molecule has 1 unspecified atom stereocenters. The number of carbonyl (C=O) groups is 1. The third-order valence-electron chi connectivity index (χ3n) is 3.83. The molecule has 3 N–H and O–H groups in total. The molecule has 1 aromatic heterocycles. The molecule has 9 heteroatoms. The molecule has 1 atom stereocenters. The summed E-state index contributed by atoms with van der Waals surface area (Å²) < 4.78 is 10.7. The third-order valence-corrected chi connectivity index (χ3v) is 4.43. The summed E-state index contributed by atoms with van der Waals surface area (Å²) in [6, 6.07) is 6.58. The van der Waals surface area contributed by atoms with Gasteiger partial charge >= 0.3 is 0 Å². The quantitative estimate of drug-likeness (QED) is 0.735. The lowest BCUT2D eigenvalue weighted by Gasteiger charge is -2.14. The number of carbonyl (C=O) groups excluding carboxylic acids is 1. The first-order valence-corrected chi connectivity index (χ1v) is 8.37. The minimum atomic E-state index is -0.303. The molecule has 6 nitrogen and oxygen atoms in total. The summed E-state index contributed by atoms with van der Waals surface area (Å²) in [5.41, 5.74) is 5.87. The number of hydrogen-bond donors (Lipinski definition) is 2. The summed E-state index contributed by atoms with van der Waals surface area (Å²) >= 11 is 12.1. The van der Waals surface area contributed by atoms with E-state index in [2.05, 4.69) is 10.5 Å². The molecule has 1 fully saturated rings. The molecule has 25 heavy (non-hydrogen) atoms. The van der Waals surface area contributed by atoms with Crippen molar-refractivity contribution >= 4 is 41.5 Å². The van der Waals surface area contributed by atoms with E-state index in [0.29, 0.717) is 34.0 Å². The predicted octanol–water partition coefficient (Wildman–Crippen LogP) is 3.45. The van der Waals surface area contributed by atoms with Crippen LogP contribution in [0.1, 0.15) is 29.1 Å². The van der Waals surface area contributed by atoms with Gasteiger partial charge in [-0.2, -0.15) is 0 Å². The lowest BCUT2D eigenvalue weighted by molar-refractivity contribution is 0.0924. The van der Waals surface area contributed by atoms with E-state index < -0.39 is 0 Å². The van der Waals surface area contributed by atoms with Gasteiger partial charge in [-0.05, 0) is 30.9 Å². The Morgan fingerprint density at radius 1 is 1.40 bits per heavy atom. The first-order valence-electron chi connectivity index (χ1n) is 7.62. The van der Waals surface area contributed by atoms with E-state index in [1.807, 2.05) is 0 Å². The van der Waals surface area contributed by atoms with Gasteiger partial charge in [-0.15, -0.1) is 12.4 Å². The van der Waals surface area contributed by atoms with E-state index in [4.69, 9.17) is 38.2 Å². The normalized spacial score (nSPS) is 14.5. The van der Waals surface area contributed by atoms with Gasteiger partial charge in [0.2, 0.25) is 0 Å². The van der Waals surface area contributed by atoms with Gasteiger partial charge in [-0.1, -0.05) is 34.4 Å². The van der Waals surface area contributed by atoms with Crippen molar-refractivity contribution in [1.29, 1.82) is 0 Å². The number of nitrogens with two attached hydrogens (primary N) is 1. The van der Waals surface area contributed by atoms with E-state index in [1.54, 1.807) is 18.2 Å². The Labute approximate surface area is 161 Å². The van der Waals surface area contributed by atoms with Crippen LogP contribution in [0.15, 0.2) is 28.8 Å². The summed E-state index contributed by atoms with van der Waals surface area (Å²) in [6.07, 6.45) is 2.19. The second-order valence-corrected chi connectivity index (χ2v) is 6.49. The fraction of sp³-hybridized carbons (Fsp3) is 0.375. The lowest BCUT2D eigenvalue weighted by atomic mass is 10.2. The number of halogens is 3. The van der Waals surface area contributed by atoms with Crippen LogP contribution in [-0.2, 0) is 6.61 Å². The third kappa shape index (κ3) is 5.01. The Kier molecular flexibility index (Phi) is 6.95. The van der Waals surface area contributed by atoms with Crippen LogP contribution in [0.25, 0.3) is 0 Å². The summed E-state index contributed by atoms with van der Waals surface area (Å²) in [6.45, 7) is 0.474. The topological polar surface area (TPSA) is 90.4 Å². The molecule has 0 bridgehead atoms. The van der Waals surface area contributed by atoms with Gasteiger partial charge < -0.3 is 20.3 Å². The van der Waals surface area contributed by atoms with Crippen molar-refractivity contribution in [3.63, 3.8) is 0 Å². The molecule has 2 aromatic rings. The van der Waals surface area contributed by atoms with Gasteiger partial charge in [0.25, 0.3) is 5.91 Å². The van der Waals surface area contributed by atoms with Crippen LogP contribution in [0.3, 0.4) is 0 Å². The maximum absolute atomic E-state index is 12.2. The molecule has 0 saturated heterocycles. The van der Waals surface area contributed by atoms with Gasteiger partial charge in [-0.3, -0.25) is 4.79 Å². The van der Waals surface area contributed by atoms with E-state index in [1.165, 1.54) is 6.07 Å². The number of rotatable bonds is 7. The van der Waals surface area contributed by atoms with Crippen molar-refractivity contribution < 1.29 is 14.1 Å². The first kappa shape index (κ1) is 19.8. The van der Waals surface area contributed by atoms with Gasteiger partial charge in [-0.25, -0.2) is 0 Å². The van der Waals surface area contributed by atoms with Gasteiger partial charge in [0.15, 0.2) is 17.2 Å². The fourth-order valence-corrected chi connectivity index (χ4v) is 2.87. The van der Waals surface area contributed by atoms with Gasteiger partial charge in [0.05, 0.1) is 10.0 Å². The van der Waals surface area contributed by atoms with Crippen LogP contribution in [0.2, 0.25) is 10.0 Å². The summed E-state index contributed by atoms with van der Waals surface area (Å²) in [5, 5.41) is 7.44. The molecule has 0 radical (unpaired) electrons. The Morgan fingerprint density at radius 3 is 2.68 bits per heavy atom. The average Bonchev–Trinajstić information content (AvgIpc) is 3.29. The number of aromatic nitrogens is 1. The van der Waals surface area contributed by atoms with Crippen molar-refractivity contribution in [1.82, 2.24) is 10.5 Å². The van der Waals surface area contributed by atoms with Gasteiger partial charge in [0, 0.05) is 18.7 Å². The molecule has 3 rings (SSSR count). The number of hydrogen-bond acceptors (Lipinski definition) is 5. The molecule has 0 spiro atoms.